The molecule has 0 saturated carbocycles. The first-order valence-corrected chi connectivity index (χ1v) is 6.42. The molecule has 0 amide bonds. The van der Waals surface area contributed by atoms with Crippen LogP contribution in [0.4, 0.5) is 13.2 Å². The topological polar surface area (TPSA) is 31.4 Å². The Labute approximate surface area is 124 Å². The van der Waals surface area contributed by atoms with Gasteiger partial charge in [0.25, 0.3) is 0 Å². The van der Waals surface area contributed by atoms with E-state index in [1.807, 2.05) is 6.92 Å². The van der Waals surface area contributed by atoms with Gasteiger partial charge in [0.1, 0.15) is 16.7 Å². The van der Waals surface area contributed by atoms with Gasteiger partial charge in [-0.05, 0) is 25.1 Å². The number of pyridine rings is 1. The van der Waals surface area contributed by atoms with Crippen LogP contribution >= 0.6 is 11.6 Å². The largest absolute Gasteiger partial charge is 0.494 e. The summed E-state index contributed by atoms with van der Waals surface area (Å²) in [5.74, 6) is 0.625. The molecular weight excluding hydrogens is 307 g/mol. The minimum absolute atomic E-state index is 0.233. The smallest absolute Gasteiger partial charge is 0.416 e. The van der Waals surface area contributed by atoms with Crippen LogP contribution < -0.4 is 9.47 Å². The lowest BCUT2D eigenvalue weighted by molar-refractivity contribution is -0.137. The molecule has 0 fully saturated rings. The molecular formula is C14H11ClF3NO2. The van der Waals surface area contributed by atoms with E-state index in [2.05, 4.69) is 4.98 Å². The minimum Gasteiger partial charge on any atom is -0.494 e. The molecule has 3 nitrogen and oxygen atoms in total. The van der Waals surface area contributed by atoms with E-state index in [1.54, 1.807) is 24.3 Å². The zero-order chi connectivity index (χ0) is 15.5. The average molecular weight is 318 g/mol. The highest BCUT2D eigenvalue weighted by atomic mass is 35.5. The predicted octanol–water partition coefficient (Wildman–Crippen LogP) is 4.94. The molecule has 1 heterocycles. The molecule has 1 aromatic carbocycles. The number of halogens is 4. The van der Waals surface area contributed by atoms with Gasteiger partial charge < -0.3 is 9.47 Å². The maximum absolute atomic E-state index is 12.7. The van der Waals surface area contributed by atoms with Crippen molar-refractivity contribution in [3.63, 3.8) is 0 Å². The summed E-state index contributed by atoms with van der Waals surface area (Å²) in [4.78, 5) is 3.72. The number of ether oxygens (including phenoxy) is 2. The quantitative estimate of drug-likeness (QED) is 0.748. The number of hydrogen-bond acceptors (Lipinski definition) is 3. The number of hydrogen-bond donors (Lipinski definition) is 0. The summed E-state index contributed by atoms with van der Waals surface area (Å²) >= 11 is 5.59. The van der Waals surface area contributed by atoms with Crippen molar-refractivity contribution < 1.29 is 22.6 Å². The first-order chi connectivity index (χ1) is 9.88. The Balaban J connectivity index is 2.27. The van der Waals surface area contributed by atoms with Gasteiger partial charge in [0.15, 0.2) is 0 Å². The van der Waals surface area contributed by atoms with Crippen molar-refractivity contribution in [2.45, 2.75) is 13.1 Å². The molecule has 0 spiro atoms. The Morgan fingerprint density at radius 1 is 1.14 bits per heavy atom. The molecule has 2 rings (SSSR count). The third-order valence-electron chi connectivity index (χ3n) is 2.44. The molecule has 7 heteroatoms. The normalized spacial score (nSPS) is 11.3. The van der Waals surface area contributed by atoms with Gasteiger partial charge >= 0.3 is 6.18 Å². The van der Waals surface area contributed by atoms with E-state index in [-0.39, 0.29) is 11.0 Å². The Morgan fingerprint density at radius 2 is 1.86 bits per heavy atom. The first-order valence-electron chi connectivity index (χ1n) is 6.04. The second-order valence-corrected chi connectivity index (χ2v) is 4.41. The van der Waals surface area contributed by atoms with Gasteiger partial charge in [0, 0.05) is 12.1 Å². The van der Waals surface area contributed by atoms with E-state index in [9.17, 15) is 13.2 Å². The molecule has 21 heavy (non-hydrogen) atoms. The first kappa shape index (κ1) is 15.4. The number of benzene rings is 1. The zero-order valence-corrected chi connectivity index (χ0v) is 11.7. The summed E-state index contributed by atoms with van der Waals surface area (Å²) in [5, 5.41) is -0.291. The molecule has 0 atom stereocenters. The molecule has 0 aliphatic rings. The van der Waals surface area contributed by atoms with Crippen molar-refractivity contribution in [2.24, 2.45) is 0 Å². The van der Waals surface area contributed by atoms with E-state index in [1.165, 1.54) is 0 Å². The molecule has 0 aliphatic carbocycles. The summed E-state index contributed by atoms with van der Waals surface area (Å²) in [7, 11) is 0. The maximum Gasteiger partial charge on any atom is 0.416 e. The van der Waals surface area contributed by atoms with Crippen molar-refractivity contribution in [3.8, 4) is 17.4 Å². The molecule has 2 aromatic rings. The number of aromatic nitrogens is 1. The fourth-order valence-corrected chi connectivity index (χ4v) is 1.80. The van der Waals surface area contributed by atoms with Crippen LogP contribution in [0.2, 0.25) is 5.15 Å². The van der Waals surface area contributed by atoms with Crippen LogP contribution in [-0.4, -0.2) is 11.6 Å². The lowest BCUT2D eigenvalue weighted by atomic mass is 10.2. The molecule has 0 N–H and O–H groups in total. The van der Waals surface area contributed by atoms with Crippen LogP contribution in [0.25, 0.3) is 0 Å². The third kappa shape index (κ3) is 4.26. The molecule has 112 valence electrons. The Hall–Kier alpha value is -1.95. The molecule has 0 saturated heterocycles. The number of rotatable bonds is 4. The summed E-state index contributed by atoms with van der Waals surface area (Å²) in [6.07, 6.45) is -4.52. The summed E-state index contributed by atoms with van der Waals surface area (Å²) in [5.41, 5.74) is -0.918. The standard InChI is InChI=1S/C14H11ClF3NO2/c1-2-20-10-4-3-5-11(8-10)21-13-7-9(14(16,17)18)6-12(15)19-13/h3-8H,2H2,1H3. The Morgan fingerprint density at radius 3 is 2.52 bits per heavy atom. The third-order valence-corrected chi connectivity index (χ3v) is 2.63. The summed E-state index contributed by atoms with van der Waals surface area (Å²) in [6, 6.07) is 8.04. The second kappa shape index (κ2) is 6.22. The molecule has 0 aliphatic heterocycles. The highest BCUT2D eigenvalue weighted by Gasteiger charge is 2.31. The van der Waals surface area contributed by atoms with E-state index >= 15 is 0 Å². The predicted molar refractivity (Wildman–Crippen MR) is 71.9 cm³/mol. The average Bonchev–Trinajstić information content (AvgIpc) is 2.38. The SMILES string of the molecule is CCOc1cccc(Oc2cc(C(F)(F)F)cc(Cl)n2)c1. The van der Waals surface area contributed by atoms with Gasteiger partial charge in [-0.15, -0.1) is 0 Å². The Kier molecular flexibility index (Phi) is 4.57. The maximum atomic E-state index is 12.7. The molecule has 0 radical (unpaired) electrons. The van der Waals surface area contributed by atoms with Gasteiger partial charge in [0.05, 0.1) is 12.2 Å². The van der Waals surface area contributed by atoms with Crippen molar-refractivity contribution in [3.05, 3.63) is 47.1 Å². The molecule has 0 unspecified atom stereocenters. The highest BCUT2D eigenvalue weighted by molar-refractivity contribution is 6.29. The van der Waals surface area contributed by atoms with Gasteiger partial charge in [-0.1, -0.05) is 17.7 Å². The van der Waals surface area contributed by atoms with E-state index < -0.39 is 11.7 Å². The van der Waals surface area contributed by atoms with Crippen molar-refractivity contribution in [2.75, 3.05) is 6.61 Å². The Bertz CT molecular complexity index is 632. The van der Waals surface area contributed by atoms with E-state index in [0.29, 0.717) is 18.1 Å². The van der Waals surface area contributed by atoms with Crippen LogP contribution in [0.15, 0.2) is 36.4 Å². The lowest BCUT2D eigenvalue weighted by Gasteiger charge is -2.11. The van der Waals surface area contributed by atoms with Gasteiger partial charge in [0.2, 0.25) is 5.88 Å². The van der Waals surface area contributed by atoms with Crippen molar-refractivity contribution in [1.29, 1.82) is 0 Å². The van der Waals surface area contributed by atoms with Gasteiger partial charge in [-0.2, -0.15) is 13.2 Å². The zero-order valence-electron chi connectivity index (χ0n) is 10.9. The molecule has 0 bridgehead atoms. The van der Waals surface area contributed by atoms with Crippen molar-refractivity contribution in [1.82, 2.24) is 4.98 Å². The van der Waals surface area contributed by atoms with E-state index in [0.717, 1.165) is 12.1 Å². The van der Waals surface area contributed by atoms with E-state index in [4.69, 9.17) is 21.1 Å². The second-order valence-electron chi connectivity index (χ2n) is 4.02. The van der Waals surface area contributed by atoms with Gasteiger partial charge in [-0.25, -0.2) is 4.98 Å². The van der Waals surface area contributed by atoms with Crippen molar-refractivity contribution >= 4 is 11.6 Å². The fraction of sp³-hybridized carbons (Fsp3) is 0.214. The lowest BCUT2D eigenvalue weighted by Crippen LogP contribution is -2.05. The number of alkyl halides is 3. The van der Waals surface area contributed by atoms with Crippen LogP contribution in [0.1, 0.15) is 12.5 Å². The van der Waals surface area contributed by atoms with Gasteiger partial charge in [-0.3, -0.25) is 0 Å². The summed E-state index contributed by atoms with van der Waals surface area (Å²) in [6.45, 7) is 2.29. The number of nitrogens with zero attached hydrogens (tertiary/aromatic N) is 1. The molecule has 1 aromatic heterocycles. The van der Waals surface area contributed by atoms with Crippen LogP contribution in [0.5, 0.6) is 17.4 Å². The van der Waals surface area contributed by atoms with Crippen LogP contribution in [0, 0.1) is 0 Å². The fourth-order valence-electron chi connectivity index (χ4n) is 1.60. The minimum atomic E-state index is -4.52. The monoisotopic (exact) mass is 317 g/mol. The summed E-state index contributed by atoms with van der Waals surface area (Å²) < 4.78 is 48.7. The van der Waals surface area contributed by atoms with Crippen LogP contribution in [0.3, 0.4) is 0 Å². The highest BCUT2D eigenvalue weighted by Crippen LogP contribution is 2.34. The van der Waals surface area contributed by atoms with Crippen LogP contribution in [-0.2, 0) is 6.18 Å².